The van der Waals surface area contributed by atoms with Crippen molar-refractivity contribution in [2.75, 3.05) is 26.8 Å². The van der Waals surface area contributed by atoms with Gasteiger partial charge in [0.2, 0.25) is 5.91 Å². The largest absolute Gasteiger partial charge is 0.480 e. The molecule has 0 aliphatic rings. The van der Waals surface area contributed by atoms with Crippen molar-refractivity contribution in [2.24, 2.45) is 0 Å². The van der Waals surface area contributed by atoms with Gasteiger partial charge in [-0.3, -0.25) is 4.79 Å². The van der Waals surface area contributed by atoms with Crippen LogP contribution in [0.4, 0.5) is 0 Å². The van der Waals surface area contributed by atoms with E-state index in [-0.39, 0.29) is 19.1 Å². The van der Waals surface area contributed by atoms with E-state index in [4.69, 9.17) is 9.84 Å². The summed E-state index contributed by atoms with van der Waals surface area (Å²) in [5.41, 5.74) is 0. The summed E-state index contributed by atoms with van der Waals surface area (Å²) in [5.74, 6) is -0.969. The number of hydrogen-bond acceptors (Lipinski definition) is 3. The van der Waals surface area contributed by atoms with Crippen LogP contribution in [0.2, 0.25) is 0 Å². The Morgan fingerprint density at radius 2 is 2.08 bits per heavy atom. The molecular weight excluding hydrogens is 174 g/mol. The topological polar surface area (TPSA) is 66.8 Å². The molecule has 0 aromatic heterocycles. The number of likely N-dealkylation sites (N-methyl/N-ethyl adjacent to an activating group) is 1. The fourth-order valence-electron chi connectivity index (χ4n) is 0.756. The first kappa shape index (κ1) is 11.9. The van der Waals surface area contributed by atoms with E-state index in [0.29, 0.717) is 13.0 Å². The Morgan fingerprint density at radius 1 is 1.46 bits per heavy atom. The molecule has 5 heteroatoms. The molecule has 0 spiro atoms. The van der Waals surface area contributed by atoms with Crippen molar-refractivity contribution in [3.63, 3.8) is 0 Å². The van der Waals surface area contributed by atoms with Gasteiger partial charge in [-0.15, -0.1) is 0 Å². The zero-order valence-electron chi connectivity index (χ0n) is 7.95. The highest BCUT2D eigenvalue weighted by Crippen LogP contribution is 1.89. The number of amides is 1. The molecule has 0 radical (unpaired) electrons. The minimum atomic E-state index is -0.996. The van der Waals surface area contributed by atoms with Gasteiger partial charge in [-0.1, -0.05) is 6.92 Å². The molecule has 0 aromatic carbocycles. The van der Waals surface area contributed by atoms with Crippen molar-refractivity contribution >= 4 is 11.9 Å². The summed E-state index contributed by atoms with van der Waals surface area (Å²) in [6.45, 7) is 2.15. The molecule has 1 amide bonds. The predicted octanol–water partition coefficient (Wildman–Crippen LogP) is -0.0440. The van der Waals surface area contributed by atoms with Crippen LogP contribution >= 0.6 is 0 Å². The zero-order valence-corrected chi connectivity index (χ0v) is 7.95. The highest BCUT2D eigenvalue weighted by atomic mass is 16.5. The first-order valence-corrected chi connectivity index (χ1v) is 4.11. The lowest BCUT2D eigenvalue weighted by atomic mass is 10.4. The number of hydrogen-bond donors (Lipinski definition) is 1. The fourth-order valence-corrected chi connectivity index (χ4v) is 0.756. The molecule has 0 unspecified atom stereocenters. The third-order valence-corrected chi connectivity index (χ3v) is 1.52. The summed E-state index contributed by atoms with van der Waals surface area (Å²) in [6, 6.07) is 0. The number of carboxylic acids is 1. The van der Waals surface area contributed by atoms with Crippen LogP contribution < -0.4 is 0 Å². The van der Waals surface area contributed by atoms with E-state index in [2.05, 4.69) is 0 Å². The highest BCUT2D eigenvalue weighted by Gasteiger charge is 2.05. The normalized spacial score (nSPS) is 9.69. The van der Waals surface area contributed by atoms with E-state index >= 15 is 0 Å². The van der Waals surface area contributed by atoms with Crippen LogP contribution in [0.5, 0.6) is 0 Å². The third kappa shape index (κ3) is 6.10. The Morgan fingerprint density at radius 3 is 2.54 bits per heavy atom. The molecule has 76 valence electrons. The first-order chi connectivity index (χ1) is 6.07. The van der Waals surface area contributed by atoms with Gasteiger partial charge in [-0.25, -0.2) is 4.79 Å². The van der Waals surface area contributed by atoms with Crippen molar-refractivity contribution < 1.29 is 19.4 Å². The van der Waals surface area contributed by atoms with Crippen LogP contribution in [-0.2, 0) is 14.3 Å². The number of nitrogens with zero attached hydrogens (tertiary/aromatic N) is 1. The monoisotopic (exact) mass is 189 g/mol. The van der Waals surface area contributed by atoms with E-state index in [0.717, 1.165) is 0 Å². The van der Waals surface area contributed by atoms with Crippen LogP contribution in [0.25, 0.3) is 0 Å². The fraction of sp³-hybridized carbons (Fsp3) is 0.750. The molecule has 0 saturated heterocycles. The number of carbonyl (C=O) groups is 2. The number of rotatable bonds is 6. The molecule has 5 nitrogen and oxygen atoms in total. The van der Waals surface area contributed by atoms with Crippen molar-refractivity contribution in [1.82, 2.24) is 4.90 Å². The van der Waals surface area contributed by atoms with Gasteiger partial charge in [-0.05, 0) is 0 Å². The number of carboxylic acid groups (broad SMARTS) is 1. The second-order valence-electron chi connectivity index (χ2n) is 2.62. The molecule has 13 heavy (non-hydrogen) atoms. The Hall–Kier alpha value is -1.10. The maximum Gasteiger partial charge on any atom is 0.329 e. The van der Waals surface area contributed by atoms with Crippen molar-refractivity contribution in [3.05, 3.63) is 0 Å². The van der Waals surface area contributed by atoms with E-state index in [1.807, 2.05) is 0 Å². The average molecular weight is 189 g/mol. The SMILES string of the molecule is CCC(=O)N(C)CCOCC(=O)O. The molecule has 1 N–H and O–H groups in total. The van der Waals surface area contributed by atoms with Gasteiger partial charge in [-0.2, -0.15) is 0 Å². The predicted molar refractivity (Wildman–Crippen MR) is 46.4 cm³/mol. The maximum atomic E-state index is 11.0. The summed E-state index contributed by atoms with van der Waals surface area (Å²) in [6.07, 6.45) is 0.454. The molecule has 0 bridgehead atoms. The molecule has 0 aliphatic heterocycles. The van der Waals surface area contributed by atoms with Gasteiger partial charge in [0, 0.05) is 20.0 Å². The van der Waals surface area contributed by atoms with E-state index in [1.54, 1.807) is 14.0 Å². The van der Waals surface area contributed by atoms with Gasteiger partial charge < -0.3 is 14.7 Å². The van der Waals surface area contributed by atoms with E-state index in [9.17, 15) is 9.59 Å². The molecule has 0 atom stereocenters. The summed E-state index contributed by atoms with van der Waals surface area (Å²) in [7, 11) is 1.66. The zero-order chi connectivity index (χ0) is 10.3. The molecule has 0 aromatic rings. The summed E-state index contributed by atoms with van der Waals surface area (Å²) < 4.78 is 4.77. The first-order valence-electron chi connectivity index (χ1n) is 4.11. The smallest absolute Gasteiger partial charge is 0.329 e. The minimum absolute atomic E-state index is 0.0268. The Labute approximate surface area is 77.3 Å². The van der Waals surface area contributed by atoms with Gasteiger partial charge in [0.25, 0.3) is 0 Å². The third-order valence-electron chi connectivity index (χ3n) is 1.52. The molecule has 0 heterocycles. The Kier molecular flexibility index (Phi) is 5.88. The standard InChI is InChI=1S/C8H15NO4/c1-3-7(10)9(2)4-5-13-6-8(11)12/h3-6H2,1-2H3,(H,11,12). The second-order valence-corrected chi connectivity index (χ2v) is 2.62. The average Bonchev–Trinajstić information content (AvgIpc) is 2.10. The Balaban J connectivity index is 3.42. The van der Waals surface area contributed by atoms with Crippen LogP contribution in [0, 0.1) is 0 Å². The lowest BCUT2D eigenvalue weighted by molar-refractivity contribution is -0.142. The molecule has 0 saturated carbocycles. The summed E-state index contributed by atoms with van der Waals surface area (Å²) in [4.78, 5) is 22.5. The molecule has 0 rings (SSSR count). The second kappa shape index (κ2) is 6.42. The van der Waals surface area contributed by atoms with Crippen molar-refractivity contribution in [1.29, 1.82) is 0 Å². The quantitative estimate of drug-likeness (QED) is 0.595. The van der Waals surface area contributed by atoms with Gasteiger partial charge in [0.15, 0.2) is 0 Å². The van der Waals surface area contributed by atoms with Crippen LogP contribution in [0.3, 0.4) is 0 Å². The van der Waals surface area contributed by atoms with E-state index in [1.165, 1.54) is 4.90 Å². The van der Waals surface area contributed by atoms with Crippen molar-refractivity contribution in [3.8, 4) is 0 Å². The molecule has 0 aliphatic carbocycles. The maximum absolute atomic E-state index is 11.0. The van der Waals surface area contributed by atoms with Crippen molar-refractivity contribution in [2.45, 2.75) is 13.3 Å². The minimum Gasteiger partial charge on any atom is -0.480 e. The lowest BCUT2D eigenvalue weighted by Gasteiger charge is -2.15. The summed E-state index contributed by atoms with van der Waals surface area (Å²) >= 11 is 0. The highest BCUT2D eigenvalue weighted by molar-refractivity contribution is 5.75. The lowest BCUT2D eigenvalue weighted by Crippen LogP contribution is -2.29. The number of ether oxygens (including phenoxy) is 1. The van der Waals surface area contributed by atoms with E-state index < -0.39 is 5.97 Å². The van der Waals surface area contributed by atoms with Crippen LogP contribution in [0.15, 0.2) is 0 Å². The summed E-state index contributed by atoms with van der Waals surface area (Å²) in [5, 5.41) is 8.23. The van der Waals surface area contributed by atoms with Gasteiger partial charge >= 0.3 is 5.97 Å². The molecular formula is C8H15NO4. The van der Waals surface area contributed by atoms with Gasteiger partial charge in [0.1, 0.15) is 6.61 Å². The number of carbonyl (C=O) groups excluding carboxylic acids is 1. The van der Waals surface area contributed by atoms with Gasteiger partial charge in [0.05, 0.1) is 6.61 Å². The Bertz CT molecular complexity index is 181. The molecule has 0 fully saturated rings. The van der Waals surface area contributed by atoms with Crippen LogP contribution in [0.1, 0.15) is 13.3 Å². The number of aliphatic carboxylic acids is 1. The van der Waals surface area contributed by atoms with Crippen LogP contribution in [-0.4, -0.2) is 48.7 Å².